The van der Waals surface area contributed by atoms with E-state index in [4.69, 9.17) is 8.05 Å². The number of halogens is 1. The van der Waals surface area contributed by atoms with Gasteiger partial charge in [0.25, 0.3) is 5.97 Å². The molecule has 0 amide bonds. The summed E-state index contributed by atoms with van der Waals surface area (Å²) in [4.78, 5) is 14.3. The van der Waals surface area contributed by atoms with Crippen LogP contribution in [0.15, 0.2) is 24.3 Å². The fourth-order valence-corrected chi connectivity index (χ4v) is 3.95. The largest absolute Gasteiger partial charge is 0.543 e. The Balaban J connectivity index is 1.82. The molecule has 2 rings (SSSR count). The standard InChI is InChI=1S/C21H31BFNO2/c1-2-3-8-18(21(25)26-22)9-4-6-15-24-16-7-5-10-20(24)17-11-13-19(23)14-12-17/h11-14,18,20H,2-10,15-16H2,1H3. The van der Waals surface area contributed by atoms with Crippen LogP contribution in [0.1, 0.15) is 76.3 Å². The summed E-state index contributed by atoms with van der Waals surface area (Å²) in [6, 6.07) is 7.32. The lowest BCUT2D eigenvalue weighted by Crippen LogP contribution is -2.34. The minimum absolute atomic E-state index is 0.0748. The van der Waals surface area contributed by atoms with Gasteiger partial charge in [0.1, 0.15) is 5.82 Å². The van der Waals surface area contributed by atoms with Gasteiger partial charge in [-0.15, -0.1) is 0 Å². The van der Waals surface area contributed by atoms with Gasteiger partial charge in [-0.3, -0.25) is 9.69 Å². The highest BCUT2D eigenvalue weighted by Crippen LogP contribution is 2.31. The zero-order chi connectivity index (χ0) is 18.8. The van der Waals surface area contributed by atoms with Crippen LogP contribution in [-0.2, 0) is 9.45 Å². The summed E-state index contributed by atoms with van der Waals surface area (Å²) < 4.78 is 17.7. The Morgan fingerprint density at radius 2 is 1.96 bits per heavy atom. The zero-order valence-corrected chi connectivity index (χ0v) is 16.0. The fraction of sp³-hybridized carbons (Fsp3) is 0.667. The smallest absolute Gasteiger partial charge is 0.378 e. The summed E-state index contributed by atoms with van der Waals surface area (Å²) in [5.41, 5.74) is 1.21. The summed E-state index contributed by atoms with van der Waals surface area (Å²) in [5, 5.41) is 0. The molecule has 0 aliphatic carbocycles. The summed E-state index contributed by atoms with van der Waals surface area (Å²) in [6.45, 7) is 4.23. The first-order chi connectivity index (χ1) is 12.7. The SMILES string of the molecule is [B]OC(=O)C(CCCC)CCCCN1CCCCC1c1ccc(F)cc1. The van der Waals surface area contributed by atoms with Crippen LogP contribution in [-0.4, -0.2) is 32.0 Å². The maximum atomic E-state index is 13.2. The molecular formula is C21H31BFNO2. The Kier molecular flexibility index (Phi) is 9.17. The van der Waals surface area contributed by atoms with Crippen molar-refractivity contribution in [2.45, 2.75) is 70.8 Å². The molecule has 1 aromatic rings. The van der Waals surface area contributed by atoms with Gasteiger partial charge in [0, 0.05) is 6.04 Å². The molecule has 142 valence electrons. The molecule has 26 heavy (non-hydrogen) atoms. The van der Waals surface area contributed by atoms with Crippen LogP contribution in [0.4, 0.5) is 4.39 Å². The Labute approximate surface area is 158 Å². The van der Waals surface area contributed by atoms with Gasteiger partial charge < -0.3 is 4.65 Å². The Morgan fingerprint density at radius 1 is 1.23 bits per heavy atom. The molecule has 1 aliphatic rings. The van der Waals surface area contributed by atoms with E-state index in [9.17, 15) is 9.18 Å². The molecule has 5 heteroatoms. The van der Waals surface area contributed by atoms with Gasteiger partial charge in [0.2, 0.25) is 0 Å². The van der Waals surface area contributed by atoms with E-state index in [1.807, 2.05) is 12.1 Å². The lowest BCUT2D eigenvalue weighted by molar-refractivity contribution is -0.139. The maximum absolute atomic E-state index is 13.2. The molecule has 1 fully saturated rings. The van der Waals surface area contributed by atoms with E-state index < -0.39 is 0 Å². The van der Waals surface area contributed by atoms with Gasteiger partial charge in [0.05, 0.1) is 5.92 Å². The third kappa shape index (κ3) is 6.42. The second kappa shape index (κ2) is 11.4. The van der Waals surface area contributed by atoms with Crippen molar-refractivity contribution in [3.63, 3.8) is 0 Å². The average molecular weight is 359 g/mol. The number of carbonyl (C=O) groups is 1. The second-order valence-corrected chi connectivity index (χ2v) is 7.37. The summed E-state index contributed by atoms with van der Waals surface area (Å²) >= 11 is 0. The van der Waals surface area contributed by atoms with Gasteiger partial charge in [-0.2, -0.15) is 0 Å². The first-order valence-corrected chi connectivity index (χ1v) is 10.1. The number of rotatable bonds is 10. The highest BCUT2D eigenvalue weighted by molar-refractivity contribution is 6.05. The molecule has 0 aromatic heterocycles. The van der Waals surface area contributed by atoms with E-state index in [2.05, 4.69) is 16.5 Å². The number of hydrogen-bond acceptors (Lipinski definition) is 3. The van der Waals surface area contributed by atoms with Crippen molar-refractivity contribution in [3.8, 4) is 0 Å². The Hall–Kier alpha value is -1.36. The molecule has 1 aromatic carbocycles. The van der Waals surface area contributed by atoms with Crippen molar-refractivity contribution >= 4 is 14.0 Å². The first-order valence-electron chi connectivity index (χ1n) is 10.1. The van der Waals surface area contributed by atoms with E-state index >= 15 is 0 Å². The molecule has 0 bridgehead atoms. The van der Waals surface area contributed by atoms with Crippen LogP contribution in [0.3, 0.4) is 0 Å². The summed E-state index contributed by atoms with van der Waals surface area (Å²) in [7, 11) is 5.07. The van der Waals surface area contributed by atoms with Crippen LogP contribution in [0.5, 0.6) is 0 Å². The van der Waals surface area contributed by atoms with Gasteiger partial charge in [-0.1, -0.05) is 44.7 Å². The average Bonchev–Trinajstić information content (AvgIpc) is 2.68. The Morgan fingerprint density at radius 3 is 2.65 bits per heavy atom. The van der Waals surface area contributed by atoms with Crippen molar-refractivity contribution in [2.24, 2.45) is 5.92 Å². The normalized spacial score (nSPS) is 19.2. The van der Waals surface area contributed by atoms with Gasteiger partial charge in [0.15, 0.2) is 0 Å². The van der Waals surface area contributed by atoms with Crippen LogP contribution < -0.4 is 0 Å². The number of hydrogen-bond donors (Lipinski definition) is 0. The van der Waals surface area contributed by atoms with E-state index in [0.717, 1.165) is 58.0 Å². The zero-order valence-electron chi connectivity index (χ0n) is 16.0. The van der Waals surface area contributed by atoms with Gasteiger partial charge in [-0.25, -0.2) is 4.39 Å². The number of nitrogens with zero attached hydrogens (tertiary/aromatic N) is 1. The monoisotopic (exact) mass is 359 g/mol. The quantitative estimate of drug-likeness (QED) is 0.437. The molecular weight excluding hydrogens is 328 g/mol. The number of piperidine rings is 1. The van der Waals surface area contributed by atoms with Crippen LogP contribution in [0, 0.1) is 11.7 Å². The minimum atomic E-state index is -0.277. The fourth-order valence-electron chi connectivity index (χ4n) is 3.95. The number of benzene rings is 1. The molecule has 0 spiro atoms. The lowest BCUT2D eigenvalue weighted by atomic mass is 9.93. The highest BCUT2D eigenvalue weighted by Gasteiger charge is 2.24. The molecule has 0 N–H and O–H groups in total. The topological polar surface area (TPSA) is 29.5 Å². The van der Waals surface area contributed by atoms with Crippen molar-refractivity contribution < 1.29 is 13.8 Å². The third-order valence-electron chi connectivity index (χ3n) is 5.47. The first kappa shape index (κ1) is 21.0. The second-order valence-electron chi connectivity index (χ2n) is 7.37. The predicted molar refractivity (Wildman–Crippen MR) is 103 cm³/mol. The number of likely N-dealkylation sites (tertiary alicyclic amines) is 1. The van der Waals surface area contributed by atoms with E-state index in [-0.39, 0.29) is 17.7 Å². The van der Waals surface area contributed by atoms with Crippen LogP contribution in [0.25, 0.3) is 0 Å². The molecule has 1 aliphatic heterocycles. The molecule has 2 radical (unpaired) electrons. The van der Waals surface area contributed by atoms with E-state index in [1.165, 1.54) is 18.4 Å². The third-order valence-corrected chi connectivity index (χ3v) is 5.47. The van der Waals surface area contributed by atoms with Crippen LogP contribution >= 0.6 is 0 Å². The van der Waals surface area contributed by atoms with Crippen molar-refractivity contribution in [2.75, 3.05) is 13.1 Å². The molecule has 1 heterocycles. The lowest BCUT2D eigenvalue weighted by Gasteiger charge is -2.36. The van der Waals surface area contributed by atoms with E-state index in [1.54, 1.807) is 12.1 Å². The van der Waals surface area contributed by atoms with Crippen molar-refractivity contribution in [1.82, 2.24) is 4.90 Å². The maximum Gasteiger partial charge on any atom is 0.378 e. The number of unbranched alkanes of at least 4 members (excludes halogenated alkanes) is 2. The highest BCUT2D eigenvalue weighted by atomic mass is 19.1. The molecule has 0 saturated carbocycles. The van der Waals surface area contributed by atoms with Crippen molar-refractivity contribution in [3.05, 3.63) is 35.6 Å². The minimum Gasteiger partial charge on any atom is -0.543 e. The predicted octanol–water partition coefficient (Wildman–Crippen LogP) is 4.96. The summed E-state index contributed by atoms with van der Waals surface area (Å²) in [6.07, 6.45) is 9.41. The van der Waals surface area contributed by atoms with Crippen molar-refractivity contribution in [1.29, 1.82) is 0 Å². The molecule has 2 unspecified atom stereocenters. The van der Waals surface area contributed by atoms with Gasteiger partial charge in [-0.05, 0) is 62.9 Å². The van der Waals surface area contributed by atoms with Gasteiger partial charge >= 0.3 is 8.05 Å². The number of carbonyl (C=O) groups excluding carboxylic acids is 1. The van der Waals surface area contributed by atoms with E-state index in [0.29, 0.717) is 6.04 Å². The van der Waals surface area contributed by atoms with Crippen LogP contribution in [0.2, 0.25) is 0 Å². The molecule has 2 atom stereocenters. The summed E-state index contributed by atoms with van der Waals surface area (Å²) in [5.74, 6) is -0.532. The molecule has 1 saturated heterocycles. The molecule has 3 nitrogen and oxygen atoms in total. The Bertz CT molecular complexity index is 537.